The number of ether oxygens (including phenoxy) is 2. The molecular weight excluding hydrogens is 484 g/mol. The topological polar surface area (TPSA) is 76.6 Å². The van der Waals surface area contributed by atoms with E-state index in [9.17, 15) is 4.79 Å². The average molecular weight is 521 g/mol. The number of anilines is 1. The largest absolute Gasteiger partial charge is 0.493 e. The Morgan fingerprint density at radius 2 is 1.76 bits per heavy atom. The summed E-state index contributed by atoms with van der Waals surface area (Å²) in [6.45, 7) is 3.70. The van der Waals surface area contributed by atoms with E-state index in [4.69, 9.17) is 19.4 Å². The Hall–Kier alpha value is -3.26. The number of nitrogens with zero attached hydrogens (tertiary/aromatic N) is 3. The molecule has 196 valence electrons. The molecule has 1 aliphatic rings. The van der Waals surface area contributed by atoms with Crippen molar-refractivity contribution in [1.29, 1.82) is 0 Å². The Morgan fingerprint density at radius 1 is 1.03 bits per heavy atom. The lowest BCUT2D eigenvalue weighted by atomic mass is 10.1. The highest BCUT2D eigenvalue weighted by Gasteiger charge is 2.21. The van der Waals surface area contributed by atoms with Gasteiger partial charge in [0.05, 0.1) is 14.2 Å². The molecule has 3 aromatic rings. The predicted octanol–water partition coefficient (Wildman–Crippen LogP) is 5.17. The SMILES string of the molecule is CCc1cc(N(C)CCc2ccc(OC)c(OC)c2)nc(SCc2ccc(C(=O)NCC3CC3)cc2)n1. The number of amides is 1. The maximum Gasteiger partial charge on any atom is 0.251 e. The number of carbonyl (C=O) groups is 1. The molecule has 0 bridgehead atoms. The lowest BCUT2D eigenvalue weighted by molar-refractivity contribution is 0.0952. The number of thioether (sulfide) groups is 1. The molecule has 8 heteroatoms. The van der Waals surface area contributed by atoms with Gasteiger partial charge in [-0.05, 0) is 67.0 Å². The zero-order valence-electron chi connectivity index (χ0n) is 22.1. The maximum absolute atomic E-state index is 12.3. The van der Waals surface area contributed by atoms with Crippen molar-refractivity contribution in [2.45, 2.75) is 43.5 Å². The van der Waals surface area contributed by atoms with E-state index in [-0.39, 0.29) is 5.91 Å². The van der Waals surface area contributed by atoms with E-state index in [1.165, 1.54) is 18.4 Å². The van der Waals surface area contributed by atoms with E-state index in [1.807, 2.05) is 36.4 Å². The third kappa shape index (κ3) is 7.61. The highest BCUT2D eigenvalue weighted by atomic mass is 32.2. The number of rotatable bonds is 13. The van der Waals surface area contributed by atoms with Crippen molar-refractivity contribution in [2.75, 3.05) is 39.3 Å². The molecule has 1 aliphatic carbocycles. The van der Waals surface area contributed by atoms with Gasteiger partial charge in [0.2, 0.25) is 0 Å². The van der Waals surface area contributed by atoms with Gasteiger partial charge in [-0.2, -0.15) is 0 Å². The van der Waals surface area contributed by atoms with Crippen LogP contribution in [0.5, 0.6) is 11.5 Å². The Balaban J connectivity index is 1.35. The molecule has 1 N–H and O–H groups in total. The summed E-state index contributed by atoms with van der Waals surface area (Å²) in [6.07, 6.45) is 4.16. The van der Waals surface area contributed by atoms with Crippen molar-refractivity contribution in [1.82, 2.24) is 15.3 Å². The number of hydrogen-bond donors (Lipinski definition) is 1. The maximum atomic E-state index is 12.3. The third-order valence-corrected chi connectivity index (χ3v) is 7.43. The first-order valence-corrected chi connectivity index (χ1v) is 13.8. The van der Waals surface area contributed by atoms with Gasteiger partial charge in [0.1, 0.15) is 5.82 Å². The second-order valence-corrected chi connectivity index (χ2v) is 10.3. The van der Waals surface area contributed by atoms with Gasteiger partial charge >= 0.3 is 0 Å². The summed E-state index contributed by atoms with van der Waals surface area (Å²) < 4.78 is 10.8. The summed E-state index contributed by atoms with van der Waals surface area (Å²) in [7, 11) is 5.36. The summed E-state index contributed by atoms with van der Waals surface area (Å²) >= 11 is 1.61. The van der Waals surface area contributed by atoms with Gasteiger partial charge in [-0.1, -0.05) is 36.9 Å². The molecule has 1 amide bonds. The zero-order chi connectivity index (χ0) is 26.2. The average Bonchev–Trinajstić information content (AvgIpc) is 3.78. The number of hydrogen-bond acceptors (Lipinski definition) is 7. The van der Waals surface area contributed by atoms with Crippen LogP contribution in [-0.4, -0.2) is 50.2 Å². The fourth-order valence-electron chi connectivity index (χ4n) is 3.91. The molecule has 37 heavy (non-hydrogen) atoms. The number of aromatic nitrogens is 2. The van der Waals surface area contributed by atoms with Crippen LogP contribution in [0.25, 0.3) is 0 Å². The predicted molar refractivity (Wildman–Crippen MR) is 149 cm³/mol. The number of likely N-dealkylation sites (N-methyl/N-ethyl adjacent to an activating group) is 1. The second-order valence-electron chi connectivity index (χ2n) is 9.35. The zero-order valence-corrected chi connectivity index (χ0v) is 22.9. The summed E-state index contributed by atoms with van der Waals surface area (Å²) in [5, 5.41) is 3.78. The van der Waals surface area contributed by atoms with E-state index in [2.05, 4.69) is 36.3 Å². The molecule has 7 nitrogen and oxygen atoms in total. The minimum absolute atomic E-state index is 0.00541. The molecular formula is C29H36N4O3S. The second kappa shape index (κ2) is 12.8. The fraction of sp³-hybridized carbons (Fsp3) is 0.414. The third-order valence-electron chi connectivity index (χ3n) is 6.51. The minimum Gasteiger partial charge on any atom is -0.493 e. The first-order chi connectivity index (χ1) is 18.0. The van der Waals surface area contributed by atoms with Crippen LogP contribution in [-0.2, 0) is 18.6 Å². The number of methoxy groups -OCH3 is 2. The van der Waals surface area contributed by atoms with Crippen molar-refractivity contribution in [2.24, 2.45) is 5.92 Å². The monoisotopic (exact) mass is 520 g/mol. The van der Waals surface area contributed by atoms with E-state index in [1.54, 1.807) is 26.0 Å². The summed E-state index contributed by atoms with van der Waals surface area (Å²) in [5.41, 5.74) is 4.04. The smallest absolute Gasteiger partial charge is 0.251 e. The van der Waals surface area contributed by atoms with Crippen LogP contribution in [0.15, 0.2) is 53.7 Å². The van der Waals surface area contributed by atoms with Crippen molar-refractivity contribution in [3.63, 3.8) is 0 Å². The number of nitrogens with one attached hydrogen (secondary N) is 1. The molecule has 1 heterocycles. The standard InChI is InChI=1S/C29H36N4O3S/c1-5-24-17-27(33(2)15-14-20-10-13-25(35-3)26(16-20)36-4)32-29(31-24)37-19-22-8-11-23(12-9-22)28(34)30-18-21-6-7-21/h8-13,16-17,21H,5-7,14-15,18-19H2,1-4H3,(H,30,34). The molecule has 4 rings (SSSR count). The quantitative estimate of drug-likeness (QED) is 0.246. The molecule has 0 aliphatic heterocycles. The molecule has 1 saturated carbocycles. The van der Waals surface area contributed by atoms with Crippen LogP contribution >= 0.6 is 11.8 Å². The van der Waals surface area contributed by atoms with Gasteiger partial charge in [-0.15, -0.1) is 0 Å². The Labute approximate surface area is 224 Å². The normalized spacial score (nSPS) is 12.8. The lowest BCUT2D eigenvalue weighted by Gasteiger charge is -2.20. The van der Waals surface area contributed by atoms with Gasteiger partial charge in [0.25, 0.3) is 5.91 Å². The molecule has 2 aromatic carbocycles. The first kappa shape index (κ1) is 26.8. The molecule has 1 aromatic heterocycles. The summed E-state index contributed by atoms with van der Waals surface area (Å²) in [6, 6.07) is 15.9. The van der Waals surface area contributed by atoms with Crippen LogP contribution < -0.4 is 19.7 Å². The molecule has 0 spiro atoms. The van der Waals surface area contributed by atoms with E-state index in [0.29, 0.717) is 11.5 Å². The Morgan fingerprint density at radius 3 is 2.43 bits per heavy atom. The Bertz CT molecular complexity index is 1200. The molecule has 0 radical (unpaired) electrons. The van der Waals surface area contributed by atoms with E-state index >= 15 is 0 Å². The van der Waals surface area contributed by atoms with Crippen LogP contribution in [0.3, 0.4) is 0 Å². The van der Waals surface area contributed by atoms with Crippen LogP contribution in [0.4, 0.5) is 5.82 Å². The Kier molecular flexibility index (Phi) is 9.28. The van der Waals surface area contributed by atoms with Gasteiger partial charge < -0.3 is 19.7 Å². The van der Waals surface area contributed by atoms with Crippen LogP contribution in [0.2, 0.25) is 0 Å². The fourth-order valence-corrected chi connectivity index (χ4v) is 4.74. The van der Waals surface area contributed by atoms with Gasteiger partial charge in [0, 0.05) is 43.2 Å². The van der Waals surface area contributed by atoms with Crippen molar-refractivity contribution < 1.29 is 14.3 Å². The van der Waals surface area contributed by atoms with Crippen LogP contribution in [0.1, 0.15) is 46.9 Å². The van der Waals surface area contributed by atoms with Gasteiger partial charge in [-0.25, -0.2) is 9.97 Å². The molecule has 1 fully saturated rings. The number of carbonyl (C=O) groups excluding carboxylic acids is 1. The highest BCUT2D eigenvalue weighted by Crippen LogP contribution is 2.29. The van der Waals surface area contributed by atoms with Crippen molar-refractivity contribution >= 4 is 23.5 Å². The highest BCUT2D eigenvalue weighted by molar-refractivity contribution is 7.98. The van der Waals surface area contributed by atoms with Crippen LogP contribution in [0, 0.1) is 5.92 Å². The summed E-state index contributed by atoms with van der Waals surface area (Å²) in [4.78, 5) is 24.0. The number of benzene rings is 2. The van der Waals surface area contributed by atoms with E-state index in [0.717, 1.165) is 65.4 Å². The van der Waals surface area contributed by atoms with Crippen molar-refractivity contribution in [3.8, 4) is 11.5 Å². The van der Waals surface area contributed by atoms with Crippen molar-refractivity contribution in [3.05, 3.63) is 70.9 Å². The molecule has 0 saturated heterocycles. The van der Waals surface area contributed by atoms with Gasteiger partial charge in [-0.3, -0.25) is 4.79 Å². The lowest BCUT2D eigenvalue weighted by Crippen LogP contribution is -2.25. The van der Waals surface area contributed by atoms with Gasteiger partial charge in [0.15, 0.2) is 16.7 Å². The summed E-state index contributed by atoms with van der Waals surface area (Å²) in [5.74, 6) is 3.81. The molecule has 0 atom stereocenters. The first-order valence-electron chi connectivity index (χ1n) is 12.8. The minimum atomic E-state index is 0.00541. The molecule has 0 unspecified atom stereocenters. The number of aryl methyl sites for hydroxylation is 1. The van der Waals surface area contributed by atoms with E-state index < -0.39 is 0 Å².